The molecule has 8 heteroatoms. The fourth-order valence-electron chi connectivity index (χ4n) is 2.16. The molecular formula is C18H22Cl2N2O4. The Morgan fingerprint density at radius 1 is 1.15 bits per heavy atom. The minimum Gasteiger partial charge on any atom is -0.464 e. The van der Waals surface area contributed by atoms with Crippen LogP contribution < -0.4 is 5.32 Å². The lowest BCUT2D eigenvalue weighted by Gasteiger charge is -2.08. The van der Waals surface area contributed by atoms with Crippen molar-refractivity contribution in [3.05, 3.63) is 33.8 Å². The summed E-state index contributed by atoms with van der Waals surface area (Å²) >= 11 is 12.0. The Bertz CT molecular complexity index is 657. The first-order chi connectivity index (χ1) is 12.3. The lowest BCUT2D eigenvalue weighted by Crippen LogP contribution is -2.28. The number of carbonyl (C=O) groups excluding carboxylic acids is 3. The van der Waals surface area contributed by atoms with E-state index in [0.29, 0.717) is 22.0 Å². The molecule has 0 saturated heterocycles. The first-order valence-corrected chi connectivity index (χ1v) is 9.02. The Labute approximate surface area is 162 Å². The van der Waals surface area contributed by atoms with Crippen LogP contribution in [0, 0.1) is 5.41 Å². The first kappa shape index (κ1) is 22.1. The van der Waals surface area contributed by atoms with E-state index >= 15 is 0 Å². The number of carbonyl (C=O) groups is 3. The predicted molar refractivity (Wildman–Crippen MR) is 101 cm³/mol. The second-order valence-corrected chi connectivity index (χ2v) is 6.51. The van der Waals surface area contributed by atoms with Crippen molar-refractivity contribution in [3.8, 4) is 0 Å². The van der Waals surface area contributed by atoms with Crippen molar-refractivity contribution >= 4 is 46.6 Å². The van der Waals surface area contributed by atoms with Gasteiger partial charge in [-0.3, -0.25) is 14.4 Å². The SMILES string of the molecule is CCCC(=O)NCCOC(=O)CC(=N)CC(=O)Cc1c(Cl)cccc1Cl. The fraction of sp³-hybridized carbons (Fsp3) is 0.444. The first-order valence-electron chi connectivity index (χ1n) is 8.26. The van der Waals surface area contributed by atoms with E-state index in [1.54, 1.807) is 18.2 Å². The summed E-state index contributed by atoms with van der Waals surface area (Å²) in [5.74, 6) is -0.965. The molecule has 0 aliphatic carbocycles. The summed E-state index contributed by atoms with van der Waals surface area (Å²) in [5.41, 5.74) is 0.470. The van der Waals surface area contributed by atoms with Gasteiger partial charge in [0, 0.05) is 35.0 Å². The average Bonchev–Trinajstić information content (AvgIpc) is 2.55. The highest BCUT2D eigenvalue weighted by Crippen LogP contribution is 2.25. The highest BCUT2D eigenvalue weighted by Gasteiger charge is 2.15. The molecule has 0 bridgehead atoms. The highest BCUT2D eigenvalue weighted by atomic mass is 35.5. The third kappa shape index (κ3) is 8.45. The maximum Gasteiger partial charge on any atom is 0.311 e. The molecule has 0 aromatic heterocycles. The number of ketones is 1. The van der Waals surface area contributed by atoms with Gasteiger partial charge < -0.3 is 15.5 Å². The Hall–Kier alpha value is -1.92. The smallest absolute Gasteiger partial charge is 0.311 e. The summed E-state index contributed by atoms with van der Waals surface area (Å²) in [4.78, 5) is 34.9. The normalized spacial score (nSPS) is 10.3. The van der Waals surface area contributed by atoms with Gasteiger partial charge in [-0.25, -0.2) is 0 Å². The molecular weight excluding hydrogens is 379 g/mol. The number of benzene rings is 1. The Kier molecular flexibility index (Phi) is 9.91. The van der Waals surface area contributed by atoms with Crippen LogP contribution in [-0.4, -0.2) is 36.5 Å². The van der Waals surface area contributed by atoms with Crippen molar-refractivity contribution in [2.75, 3.05) is 13.2 Å². The van der Waals surface area contributed by atoms with Gasteiger partial charge in [-0.2, -0.15) is 0 Å². The summed E-state index contributed by atoms with van der Waals surface area (Å²) in [6.45, 7) is 2.15. The van der Waals surface area contributed by atoms with Gasteiger partial charge in [-0.05, 0) is 24.1 Å². The van der Waals surface area contributed by atoms with Gasteiger partial charge >= 0.3 is 5.97 Å². The quantitative estimate of drug-likeness (QED) is 0.338. The molecule has 1 amide bonds. The third-order valence-corrected chi connectivity index (χ3v) is 4.08. The fourth-order valence-corrected chi connectivity index (χ4v) is 2.69. The molecule has 1 aromatic rings. The van der Waals surface area contributed by atoms with Crippen LogP contribution in [0.2, 0.25) is 10.0 Å². The zero-order valence-corrected chi connectivity index (χ0v) is 16.1. The summed E-state index contributed by atoms with van der Waals surface area (Å²) in [7, 11) is 0. The molecule has 0 heterocycles. The van der Waals surface area contributed by atoms with E-state index in [-0.39, 0.29) is 49.8 Å². The van der Waals surface area contributed by atoms with Crippen LogP contribution in [-0.2, 0) is 25.5 Å². The molecule has 1 aromatic carbocycles. The van der Waals surface area contributed by atoms with Crippen LogP contribution in [0.25, 0.3) is 0 Å². The minimum absolute atomic E-state index is 0.000601. The molecule has 6 nitrogen and oxygen atoms in total. The molecule has 0 radical (unpaired) electrons. The number of hydrogen-bond acceptors (Lipinski definition) is 5. The average molecular weight is 401 g/mol. The van der Waals surface area contributed by atoms with Crippen molar-refractivity contribution in [3.63, 3.8) is 0 Å². The standard InChI is InChI=1S/C18H22Cl2N2O4/c1-2-4-17(24)22-7-8-26-18(25)10-12(21)9-13(23)11-14-15(19)5-3-6-16(14)20/h3,5-6,21H,2,4,7-11H2,1H3,(H,22,24). The predicted octanol–water partition coefficient (Wildman–Crippen LogP) is 3.36. The van der Waals surface area contributed by atoms with Crippen LogP contribution >= 0.6 is 23.2 Å². The van der Waals surface area contributed by atoms with Crippen LogP contribution in [0.15, 0.2) is 18.2 Å². The van der Waals surface area contributed by atoms with Crippen molar-refractivity contribution in [2.24, 2.45) is 0 Å². The summed E-state index contributed by atoms with van der Waals surface area (Å²) in [6, 6.07) is 4.96. The summed E-state index contributed by atoms with van der Waals surface area (Å²) in [5, 5.41) is 11.2. The van der Waals surface area contributed by atoms with E-state index < -0.39 is 5.97 Å². The largest absolute Gasteiger partial charge is 0.464 e. The molecule has 0 spiro atoms. The maximum absolute atomic E-state index is 12.0. The molecule has 0 fully saturated rings. The van der Waals surface area contributed by atoms with Gasteiger partial charge in [0.15, 0.2) is 0 Å². The number of nitrogens with one attached hydrogen (secondary N) is 2. The summed E-state index contributed by atoms with van der Waals surface area (Å²) < 4.78 is 4.93. The number of ether oxygens (including phenoxy) is 1. The van der Waals surface area contributed by atoms with Gasteiger partial charge in [0.25, 0.3) is 0 Å². The molecule has 0 aliphatic heterocycles. The van der Waals surface area contributed by atoms with E-state index in [1.807, 2.05) is 6.92 Å². The van der Waals surface area contributed by atoms with Crippen molar-refractivity contribution < 1.29 is 19.1 Å². The number of rotatable bonds is 11. The van der Waals surface area contributed by atoms with Crippen LogP contribution in [0.3, 0.4) is 0 Å². The zero-order valence-electron chi connectivity index (χ0n) is 14.6. The minimum atomic E-state index is -0.608. The van der Waals surface area contributed by atoms with E-state index in [1.165, 1.54) is 0 Å². The van der Waals surface area contributed by atoms with Crippen LogP contribution in [0.4, 0.5) is 0 Å². The van der Waals surface area contributed by atoms with Crippen LogP contribution in [0.1, 0.15) is 38.2 Å². The second kappa shape index (κ2) is 11.6. The monoisotopic (exact) mass is 400 g/mol. The van der Waals surface area contributed by atoms with Gasteiger partial charge in [0.1, 0.15) is 12.4 Å². The number of hydrogen-bond donors (Lipinski definition) is 2. The number of Topliss-reactive ketones (excluding diaryl/α,β-unsaturated/α-hetero) is 1. The second-order valence-electron chi connectivity index (χ2n) is 5.69. The van der Waals surface area contributed by atoms with Crippen molar-refractivity contribution in [1.82, 2.24) is 5.32 Å². The number of halogens is 2. The zero-order chi connectivity index (χ0) is 19.5. The number of amides is 1. The molecule has 0 aliphatic rings. The van der Waals surface area contributed by atoms with E-state index in [9.17, 15) is 14.4 Å². The molecule has 2 N–H and O–H groups in total. The van der Waals surface area contributed by atoms with Gasteiger partial charge in [-0.15, -0.1) is 0 Å². The maximum atomic E-state index is 12.0. The summed E-state index contributed by atoms with van der Waals surface area (Å²) in [6.07, 6.45) is 0.723. The van der Waals surface area contributed by atoms with Crippen molar-refractivity contribution in [1.29, 1.82) is 5.41 Å². The van der Waals surface area contributed by atoms with Crippen LogP contribution in [0.5, 0.6) is 0 Å². The lowest BCUT2D eigenvalue weighted by molar-refractivity contribution is -0.142. The molecule has 0 unspecified atom stereocenters. The van der Waals surface area contributed by atoms with E-state index in [2.05, 4.69) is 5.32 Å². The lowest BCUT2D eigenvalue weighted by atomic mass is 10.0. The van der Waals surface area contributed by atoms with E-state index in [4.69, 9.17) is 33.3 Å². The Morgan fingerprint density at radius 3 is 2.42 bits per heavy atom. The Morgan fingerprint density at radius 2 is 1.81 bits per heavy atom. The van der Waals surface area contributed by atoms with E-state index in [0.717, 1.165) is 6.42 Å². The topological polar surface area (TPSA) is 96.3 Å². The Balaban J connectivity index is 2.31. The van der Waals surface area contributed by atoms with Gasteiger partial charge in [0.2, 0.25) is 5.91 Å². The molecule has 1 rings (SSSR count). The molecule has 0 saturated carbocycles. The highest BCUT2D eigenvalue weighted by molar-refractivity contribution is 6.36. The number of esters is 1. The molecule has 26 heavy (non-hydrogen) atoms. The molecule has 0 atom stereocenters. The van der Waals surface area contributed by atoms with Gasteiger partial charge in [0.05, 0.1) is 13.0 Å². The van der Waals surface area contributed by atoms with Crippen molar-refractivity contribution in [2.45, 2.75) is 39.0 Å². The van der Waals surface area contributed by atoms with Gasteiger partial charge in [-0.1, -0.05) is 36.2 Å². The third-order valence-electron chi connectivity index (χ3n) is 3.37. The molecule has 142 valence electrons.